The van der Waals surface area contributed by atoms with E-state index in [2.05, 4.69) is 21.2 Å². The Morgan fingerprint density at radius 3 is 2.52 bits per heavy atom. The van der Waals surface area contributed by atoms with E-state index >= 15 is 0 Å². The van der Waals surface area contributed by atoms with Crippen molar-refractivity contribution in [2.75, 3.05) is 4.90 Å². The van der Waals surface area contributed by atoms with E-state index in [0.29, 0.717) is 0 Å². The molecular formula is C19H19BrN2O3. The van der Waals surface area contributed by atoms with Crippen LogP contribution in [0.2, 0.25) is 0 Å². The summed E-state index contributed by atoms with van der Waals surface area (Å²) in [7, 11) is 0. The van der Waals surface area contributed by atoms with Gasteiger partial charge < -0.3 is 4.90 Å². The molecule has 2 fully saturated rings. The highest BCUT2D eigenvalue weighted by molar-refractivity contribution is 9.10. The molecule has 2 amide bonds. The number of nitrogens with one attached hydrogen (secondary N) is 1. The summed E-state index contributed by atoms with van der Waals surface area (Å²) in [5, 5.41) is 2.42. The summed E-state index contributed by atoms with van der Waals surface area (Å²) in [6, 6.07) is 4.94. The van der Waals surface area contributed by atoms with Crippen LogP contribution in [0, 0.1) is 17.3 Å². The Hall–Kier alpha value is -1.95. The van der Waals surface area contributed by atoms with Crippen molar-refractivity contribution in [1.82, 2.24) is 5.32 Å². The van der Waals surface area contributed by atoms with Gasteiger partial charge in [-0.1, -0.05) is 48.9 Å². The number of imide groups is 1. The third-order valence-electron chi connectivity index (χ3n) is 5.32. The first-order chi connectivity index (χ1) is 11.7. The topological polar surface area (TPSA) is 66.5 Å². The average molecular weight is 403 g/mol. The SMILES string of the molecule is CC(C)(C)C(=O)[C@H]1[C@@H]2C(=O)NC(=O)[C@@H]2[C@H]2C=Cc3cc(Br)ccc3N21. The van der Waals surface area contributed by atoms with Crippen molar-refractivity contribution < 1.29 is 14.4 Å². The summed E-state index contributed by atoms with van der Waals surface area (Å²) < 4.78 is 0.946. The highest BCUT2D eigenvalue weighted by Gasteiger charge is 2.62. The first-order valence-corrected chi connectivity index (χ1v) is 9.14. The lowest BCUT2D eigenvalue weighted by atomic mass is 9.79. The number of benzene rings is 1. The van der Waals surface area contributed by atoms with Gasteiger partial charge in [-0.15, -0.1) is 0 Å². The van der Waals surface area contributed by atoms with Crippen LogP contribution in [0.5, 0.6) is 0 Å². The van der Waals surface area contributed by atoms with Gasteiger partial charge in [-0.25, -0.2) is 0 Å². The van der Waals surface area contributed by atoms with Crippen LogP contribution >= 0.6 is 15.9 Å². The summed E-state index contributed by atoms with van der Waals surface area (Å²) in [4.78, 5) is 40.1. The Kier molecular flexibility index (Phi) is 3.48. The van der Waals surface area contributed by atoms with Crippen LogP contribution in [0.4, 0.5) is 5.69 Å². The minimum Gasteiger partial charge on any atom is -0.353 e. The highest BCUT2D eigenvalue weighted by atomic mass is 79.9. The van der Waals surface area contributed by atoms with E-state index in [1.165, 1.54) is 0 Å². The number of Topliss-reactive ketones (excluding diaryl/α,β-unsaturated/α-hetero) is 1. The van der Waals surface area contributed by atoms with Gasteiger partial charge in [-0.05, 0) is 23.8 Å². The predicted octanol–water partition coefficient (Wildman–Crippen LogP) is 2.54. The molecule has 0 aromatic heterocycles. The molecule has 0 bridgehead atoms. The summed E-state index contributed by atoms with van der Waals surface area (Å²) in [6.07, 6.45) is 3.92. The molecule has 0 spiro atoms. The Morgan fingerprint density at radius 1 is 1.16 bits per heavy atom. The zero-order chi connectivity index (χ0) is 18.1. The predicted molar refractivity (Wildman–Crippen MR) is 97.8 cm³/mol. The maximum absolute atomic E-state index is 13.2. The molecule has 6 heteroatoms. The van der Waals surface area contributed by atoms with E-state index in [4.69, 9.17) is 0 Å². The maximum atomic E-state index is 13.2. The van der Waals surface area contributed by atoms with Crippen LogP contribution in [-0.2, 0) is 14.4 Å². The van der Waals surface area contributed by atoms with E-state index in [-0.39, 0.29) is 23.6 Å². The normalized spacial score (nSPS) is 30.0. The molecule has 25 heavy (non-hydrogen) atoms. The fraction of sp³-hybridized carbons (Fsp3) is 0.421. The summed E-state index contributed by atoms with van der Waals surface area (Å²) in [5.41, 5.74) is 1.27. The van der Waals surface area contributed by atoms with Gasteiger partial charge in [0.15, 0.2) is 5.78 Å². The molecule has 3 aliphatic heterocycles. The first-order valence-electron chi connectivity index (χ1n) is 8.35. The van der Waals surface area contributed by atoms with Crippen molar-refractivity contribution in [1.29, 1.82) is 0 Å². The van der Waals surface area contributed by atoms with Crippen LogP contribution < -0.4 is 10.2 Å². The number of ketones is 1. The monoisotopic (exact) mass is 402 g/mol. The number of nitrogens with zero attached hydrogens (tertiary/aromatic N) is 1. The molecular weight excluding hydrogens is 384 g/mol. The van der Waals surface area contributed by atoms with Crippen LogP contribution in [0.15, 0.2) is 28.7 Å². The molecule has 3 aliphatic rings. The Bertz CT molecular complexity index is 840. The van der Waals surface area contributed by atoms with Crippen molar-refractivity contribution in [3.8, 4) is 0 Å². The summed E-state index contributed by atoms with van der Waals surface area (Å²) in [5.74, 6) is -1.78. The van der Waals surface area contributed by atoms with Crippen LogP contribution in [0.1, 0.15) is 26.3 Å². The van der Waals surface area contributed by atoms with Gasteiger partial charge in [0.1, 0.15) is 6.04 Å². The Balaban J connectivity index is 1.90. The highest BCUT2D eigenvalue weighted by Crippen LogP contribution is 2.48. The van der Waals surface area contributed by atoms with Gasteiger partial charge in [0.05, 0.1) is 17.9 Å². The number of amides is 2. The molecule has 1 aromatic carbocycles. The largest absolute Gasteiger partial charge is 0.353 e. The number of rotatable bonds is 1. The second-order valence-electron chi connectivity index (χ2n) is 7.92. The van der Waals surface area contributed by atoms with Gasteiger partial charge >= 0.3 is 0 Å². The summed E-state index contributed by atoms with van der Waals surface area (Å²) in [6.45, 7) is 5.57. The van der Waals surface area contributed by atoms with Gasteiger partial charge in [-0.2, -0.15) is 0 Å². The van der Waals surface area contributed by atoms with E-state index in [1.54, 1.807) is 0 Å². The van der Waals surface area contributed by atoms with Crippen molar-refractivity contribution in [3.63, 3.8) is 0 Å². The first kappa shape index (κ1) is 16.5. The van der Waals surface area contributed by atoms with Crippen LogP contribution in [0.25, 0.3) is 6.08 Å². The number of fused-ring (bicyclic) bond motifs is 5. The molecule has 0 aliphatic carbocycles. The summed E-state index contributed by atoms with van der Waals surface area (Å²) >= 11 is 3.47. The number of hydrogen-bond donors (Lipinski definition) is 1. The number of anilines is 1. The van der Waals surface area contributed by atoms with E-state index in [0.717, 1.165) is 15.7 Å². The second-order valence-corrected chi connectivity index (χ2v) is 8.84. The molecule has 2 saturated heterocycles. The second kappa shape index (κ2) is 5.27. The standard InChI is InChI=1S/C19H19BrN2O3/c1-19(2,3)16(23)15-14-13(17(24)21-18(14)25)12-6-4-9-8-10(20)5-7-11(9)22(12)15/h4-8,12-15H,1-3H3,(H,21,24,25)/t12-,13-,14-,15-/m1/s1. The number of carbonyl (C=O) groups excluding carboxylic acids is 3. The number of hydrogen-bond acceptors (Lipinski definition) is 4. The molecule has 4 rings (SSSR count). The third kappa shape index (κ3) is 2.30. The molecule has 3 heterocycles. The molecule has 1 aromatic rings. The molecule has 130 valence electrons. The minimum absolute atomic E-state index is 0.0148. The van der Waals surface area contributed by atoms with E-state index in [9.17, 15) is 14.4 Å². The molecule has 4 atom stereocenters. The number of carbonyl (C=O) groups is 3. The van der Waals surface area contributed by atoms with Crippen molar-refractivity contribution in [2.24, 2.45) is 17.3 Å². The molecule has 0 unspecified atom stereocenters. The minimum atomic E-state index is -0.636. The Labute approximate surface area is 154 Å². The molecule has 5 nitrogen and oxygen atoms in total. The van der Waals surface area contributed by atoms with Crippen molar-refractivity contribution >= 4 is 45.3 Å². The van der Waals surface area contributed by atoms with Gasteiger partial charge in [0, 0.05) is 15.6 Å². The van der Waals surface area contributed by atoms with Crippen LogP contribution in [-0.4, -0.2) is 29.7 Å². The van der Waals surface area contributed by atoms with Gasteiger partial charge in [-0.3, -0.25) is 19.7 Å². The smallest absolute Gasteiger partial charge is 0.233 e. The quantitative estimate of drug-likeness (QED) is 0.732. The zero-order valence-corrected chi connectivity index (χ0v) is 15.8. The van der Waals surface area contributed by atoms with Crippen LogP contribution in [0.3, 0.4) is 0 Å². The van der Waals surface area contributed by atoms with Crippen molar-refractivity contribution in [2.45, 2.75) is 32.9 Å². The lowest BCUT2D eigenvalue weighted by molar-refractivity contribution is -0.132. The van der Waals surface area contributed by atoms with E-state index in [1.807, 2.05) is 56.0 Å². The zero-order valence-electron chi connectivity index (χ0n) is 14.2. The number of halogens is 1. The third-order valence-corrected chi connectivity index (χ3v) is 5.81. The lowest BCUT2D eigenvalue weighted by Crippen LogP contribution is -2.50. The fourth-order valence-electron chi connectivity index (χ4n) is 4.21. The molecule has 0 saturated carbocycles. The maximum Gasteiger partial charge on any atom is 0.233 e. The molecule has 0 radical (unpaired) electrons. The van der Waals surface area contributed by atoms with Gasteiger partial charge in [0.2, 0.25) is 11.8 Å². The molecule has 1 N–H and O–H groups in total. The Morgan fingerprint density at radius 2 is 1.84 bits per heavy atom. The fourth-order valence-corrected chi connectivity index (χ4v) is 4.58. The van der Waals surface area contributed by atoms with Crippen molar-refractivity contribution in [3.05, 3.63) is 34.3 Å². The average Bonchev–Trinajstić information content (AvgIpc) is 3.01. The van der Waals surface area contributed by atoms with Gasteiger partial charge in [0.25, 0.3) is 0 Å². The lowest BCUT2D eigenvalue weighted by Gasteiger charge is -2.38. The van der Waals surface area contributed by atoms with E-state index < -0.39 is 23.3 Å².